The third kappa shape index (κ3) is 4.24. The summed E-state index contributed by atoms with van der Waals surface area (Å²) in [7, 11) is 0. The summed E-state index contributed by atoms with van der Waals surface area (Å²) in [5.74, 6) is 0.623. The van der Waals surface area contributed by atoms with Crippen LogP contribution in [0.3, 0.4) is 0 Å². The van der Waals surface area contributed by atoms with Crippen LogP contribution in [-0.2, 0) is 0 Å². The van der Waals surface area contributed by atoms with Crippen molar-refractivity contribution in [1.29, 1.82) is 0 Å². The van der Waals surface area contributed by atoms with Crippen LogP contribution in [0.2, 0.25) is 0 Å². The van der Waals surface area contributed by atoms with Gasteiger partial charge in [-0.25, -0.2) is 9.97 Å². The van der Waals surface area contributed by atoms with Crippen molar-refractivity contribution in [3.63, 3.8) is 0 Å². The molecule has 0 aromatic carbocycles. The Kier molecular flexibility index (Phi) is 5.60. The van der Waals surface area contributed by atoms with Crippen molar-refractivity contribution >= 4 is 23.5 Å². The molecule has 1 fully saturated rings. The first kappa shape index (κ1) is 19.4. The number of aryl methyl sites for hydroxylation is 1. The van der Waals surface area contributed by atoms with E-state index in [1.807, 2.05) is 4.90 Å². The Morgan fingerprint density at radius 2 is 1.67 bits per heavy atom. The fraction of sp³-hybridized carbons (Fsp3) is 0.238. The molecule has 2 amide bonds. The lowest BCUT2D eigenvalue weighted by Crippen LogP contribution is -2.49. The molecule has 0 atom stereocenters. The van der Waals surface area contributed by atoms with Crippen molar-refractivity contribution < 1.29 is 9.59 Å². The highest BCUT2D eigenvalue weighted by Crippen LogP contribution is 2.17. The summed E-state index contributed by atoms with van der Waals surface area (Å²) in [5, 5.41) is 2.74. The number of nitrogens with zero attached hydrogens (tertiary/aromatic N) is 6. The van der Waals surface area contributed by atoms with Crippen LogP contribution >= 0.6 is 0 Å². The highest BCUT2D eigenvalue weighted by Gasteiger charge is 2.24. The molecule has 9 heteroatoms. The molecule has 0 aliphatic carbocycles. The molecule has 0 bridgehead atoms. The molecule has 0 unspecified atom stereocenters. The Morgan fingerprint density at radius 3 is 2.33 bits per heavy atom. The molecule has 3 aromatic heterocycles. The van der Waals surface area contributed by atoms with Crippen molar-refractivity contribution in [2.75, 3.05) is 36.4 Å². The van der Waals surface area contributed by atoms with Crippen molar-refractivity contribution in [3.05, 3.63) is 72.1 Å². The number of hydrogen-bond acceptors (Lipinski definition) is 7. The number of nitrogens with one attached hydrogen (secondary N) is 1. The van der Waals surface area contributed by atoms with E-state index in [1.165, 1.54) is 0 Å². The van der Waals surface area contributed by atoms with Gasteiger partial charge in [0, 0.05) is 38.6 Å². The molecule has 0 saturated carbocycles. The molecular formula is C21H21N7O2. The van der Waals surface area contributed by atoms with Gasteiger partial charge in [-0.15, -0.1) is 0 Å². The Morgan fingerprint density at radius 1 is 0.933 bits per heavy atom. The predicted molar refractivity (Wildman–Crippen MR) is 111 cm³/mol. The third-order valence-electron chi connectivity index (χ3n) is 4.84. The first-order valence-electron chi connectivity index (χ1n) is 9.63. The topological polar surface area (TPSA) is 104 Å². The van der Waals surface area contributed by atoms with Crippen molar-refractivity contribution in [3.8, 4) is 0 Å². The molecule has 1 saturated heterocycles. The minimum absolute atomic E-state index is 0.0827. The monoisotopic (exact) mass is 403 g/mol. The van der Waals surface area contributed by atoms with Gasteiger partial charge in [0.15, 0.2) is 5.69 Å². The molecule has 0 radical (unpaired) electrons. The molecule has 30 heavy (non-hydrogen) atoms. The van der Waals surface area contributed by atoms with Gasteiger partial charge in [0.05, 0.1) is 11.9 Å². The van der Waals surface area contributed by atoms with E-state index in [9.17, 15) is 9.59 Å². The average molecular weight is 403 g/mol. The second-order valence-electron chi connectivity index (χ2n) is 6.83. The Labute approximate surface area is 173 Å². The number of anilines is 2. The number of rotatable bonds is 4. The van der Waals surface area contributed by atoms with E-state index in [-0.39, 0.29) is 17.5 Å². The fourth-order valence-electron chi connectivity index (χ4n) is 3.21. The Hall–Kier alpha value is -3.88. The van der Waals surface area contributed by atoms with E-state index in [1.54, 1.807) is 66.8 Å². The van der Waals surface area contributed by atoms with Crippen LogP contribution in [-0.4, -0.2) is 62.8 Å². The summed E-state index contributed by atoms with van der Waals surface area (Å²) in [4.78, 5) is 46.1. The molecule has 4 heterocycles. The van der Waals surface area contributed by atoms with Crippen LogP contribution in [0.15, 0.2) is 55.0 Å². The van der Waals surface area contributed by atoms with Crippen LogP contribution in [0.1, 0.15) is 26.7 Å². The van der Waals surface area contributed by atoms with Gasteiger partial charge in [0.25, 0.3) is 11.8 Å². The summed E-state index contributed by atoms with van der Waals surface area (Å²) in [6.07, 6.45) is 4.88. The number of carbonyl (C=O) groups excluding carboxylic acids is 2. The molecule has 1 aliphatic heterocycles. The standard InChI is InChI=1S/C21H21N7O2/c1-15-19(20(29)25-17-7-3-5-9-23-17)26-18(14-24-15)27-10-12-28(13-11-27)21(30)16-6-2-4-8-22-16/h2-9,14H,10-13H2,1H3,(H,23,25,29). The van der Waals surface area contributed by atoms with Crippen LogP contribution in [0.25, 0.3) is 0 Å². The molecule has 3 aromatic rings. The predicted octanol–water partition coefficient (Wildman–Crippen LogP) is 1.79. The molecule has 0 spiro atoms. The van der Waals surface area contributed by atoms with Gasteiger partial charge in [-0.1, -0.05) is 12.1 Å². The van der Waals surface area contributed by atoms with Crippen molar-refractivity contribution in [2.24, 2.45) is 0 Å². The van der Waals surface area contributed by atoms with E-state index in [4.69, 9.17) is 0 Å². The van der Waals surface area contributed by atoms with Crippen molar-refractivity contribution in [2.45, 2.75) is 6.92 Å². The van der Waals surface area contributed by atoms with Crippen LogP contribution < -0.4 is 10.2 Å². The van der Waals surface area contributed by atoms with Crippen LogP contribution in [0.5, 0.6) is 0 Å². The minimum atomic E-state index is -0.357. The number of hydrogen-bond donors (Lipinski definition) is 1. The van der Waals surface area contributed by atoms with Gasteiger partial charge in [0.2, 0.25) is 0 Å². The molecule has 4 rings (SSSR count). The van der Waals surface area contributed by atoms with E-state index >= 15 is 0 Å². The average Bonchev–Trinajstić information content (AvgIpc) is 2.80. The summed E-state index contributed by atoms with van der Waals surface area (Å²) in [6, 6.07) is 10.6. The van der Waals surface area contributed by atoms with E-state index in [0.717, 1.165) is 0 Å². The Balaban J connectivity index is 1.43. The quantitative estimate of drug-likeness (QED) is 0.708. The molecule has 9 nitrogen and oxygen atoms in total. The molecular weight excluding hydrogens is 382 g/mol. The van der Waals surface area contributed by atoms with Crippen molar-refractivity contribution in [1.82, 2.24) is 24.8 Å². The highest BCUT2D eigenvalue weighted by molar-refractivity contribution is 6.03. The first-order chi connectivity index (χ1) is 14.6. The van der Waals surface area contributed by atoms with Crippen LogP contribution in [0.4, 0.5) is 11.6 Å². The van der Waals surface area contributed by atoms with Gasteiger partial charge in [-0.2, -0.15) is 0 Å². The second-order valence-corrected chi connectivity index (χ2v) is 6.83. The minimum Gasteiger partial charge on any atom is -0.352 e. The Bertz CT molecular complexity index is 1040. The number of piperazine rings is 1. The second kappa shape index (κ2) is 8.64. The van der Waals surface area contributed by atoms with E-state index in [2.05, 4.69) is 25.3 Å². The SMILES string of the molecule is Cc1ncc(N2CCN(C(=O)c3ccccn3)CC2)nc1C(=O)Nc1ccccn1. The maximum absolute atomic E-state index is 12.6. The van der Waals surface area contributed by atoms with Gasteiger partial charge < -0.3 is 15.1 Å². The number of pyridine rings is 2. The maximum atomic E-state index is 12.6. The molecule has 1 N–H and O–H groups in total. The largest absolute Gasteiger partial charge is 0.352 e. The fourth-order valence-corrected chi connectivity index (χ4v) is 3.21. The first-order valence-corrected chi connectivity index (χ1v) is 9.63. The highest BCUT2D eigenvalue weighted by atomic mass is 16.2. The van der Waals surface area contributed by atoms with Gasteiger partial charge in [-0.3, -0.25) is 19.6 Å². The summed E-state index contributed by atoms with van der Waals surface area (Å²) in [6.45, 7) is 4.02. The van der Waals surface area contributed by atoms with Gasteiger partial charge >= 0.3 is 0 Å². The number of carbonyl (C=O) groups is 2. The summed E-state index contributed by atoms with van der Waals surface area (Å²) < 4.78 is 0. The third-order valence-corrected chi connectivity index (χ3v) is 4.84. The zero-order chi connectivity index (χ0) is 20.9. The normalized spacial score (nSPS) is 13.8. The van der Waals surface area contributed by atoms with Crippen LogP contribution in [0, 0.1) is 6.92 Å². The van der Waals surface area contributed by atoms with E-state index in [0.29, 0.717) is 49.2 Å². The number of aromatic nitrogens is 4. The van der Waals surface area contributed by atoms with Gasteiger partial charge in [-0.05, 0) is 31.2 Å². The number of amides is 2. The zero-order valence-corrected chi connectivity index (χ0v) is 16.5. The van der Waals surface area contributed by atoms with Gasteiger partial charge in [0.1, 0.15) is 17.3 Å². The summed E-state index contributed by atoms with van der Waals surface area (Å²) >= 11 is 0. The summed E-state index contributed by atoms with van der Waals surface area (Å²) in [5.41, 5.74) is 1.23. The van der Waals surface area contributed by atoms with E-state index < -0.39 is 0 Å². The zero-order valence-electron chi connectivity index (χ0n) is 16.5. The maximum Gasteiger partial charge on any atom is 0.277 e. The lowest BCUT2D eigenvalue weighted by atomic mass is 10.2. The lowest BCUT2D eigenvalue weighted by Gasteiger charge is -2.35. The molecule has 1 aliphatic rings. The molecule has 152 valence electrons. The lowest BCUT2D eigenvalue weighted by molar-refractivity contribution is 0.0740. The smallest absolute Gasteiger partial charge is 0.277 e.